The van der Waals surface area contributed by atoms with Gasteiger partial charge in [0, 0.05) is 7.05 Å². The first-order valence-electron chi connectivity index (χ1n) is 7.46. The quantitative estimate of drug-likeness (QED) is 0.862. The lowest BCUT2D eigenvalue weighted by Gasteiger charge is -2.20. The van der Waals surface area contributed by atoms with Gasteiger partial charge in [-0.15, -0.1) is 0 Å². The van der Waals surface area contributed by atoms with Gasteiger partial charge in [-0.1, -0.05) is 30.3 Å². The molecule has 3 amide bonds. The molecule has 0 aromatic heterocycles. The fourth-order valence-electron chi connectivity index (χ4n) is 2.53. The Kier molecular flexibility index (Phi) is 4.29. The van der Waals surface area contributed by atoms with E-state index in [2.05, 4.69) is 0 Å². The van der Waals surface area contributed by atoms with Crippen LogP contribution >= 0.6 is 0 Å². The van der Waals surface area contributed by atoms with Crippen molar-refractivity contribution in [1.29, 1.82) is 0 Å². The molecule has 0 saturated heterocycles. The number of carbonyl (C=O) groups is 3. The van der Waals surface area contributed by atoms with Gasteiger partial charge < -0.3 is 9.64 Å². The number of rotatable bonds is 3. The molecule has 24 heavy (non-hydrogen) atoms. The third-order valence-electron chi connectivity index (χ3n) is 3.70. The third kappa shape index (κ3) is 2.99. The van der Waals surface area contributed by atoms with Gasteiger partial charge in [-0.3, -0.25) is 14.4 Å². The lowest BCUT2D eigenvalue weighted by Crippen LogP contribution is -2.43. The average molecular weight is 324 g/mol. The predicted molar refractivity (Wildman–Crippen MR) is 87.8 cm³/mol. The molecule has 2 aromatic carbocycles. The highest BCUT2D eigenvalue weighted by molar-refractivity contribution is 6.21. The van der Waals surface area contributed by atoms with E-state index in [1.54, 1.807) is 48.5 Å². The fourth-order valence-corrected chi connectivity index (χ4v) is 2.53. The van der Waals surface area contributed by atoms with Crippen LogP contribution in [0.1, 0.15) is 10.4 Å². The van der Waals surface area contributed by atoms with Crippen LogP contribution < -0.4 is 9.64 Å². The maximum absolute atomic E-state index is 12.6. The topological polar surface area (TPSA) is 66.9 Å². The highest BCUT2D eigenvalue weighted by atomic mass is 16.5. The Morgan fingerprint density at radius 3 is 2.46 bits per heavy atom. The summed E-state index contributed by atoms with van der Waals surface area (Å²) in [6.07, 6.45) is 0. The monoisotopic (exact) mass is 324 g/mol. The number of anilines is 1. The Labute approximate surface area is 139 Å². The van der Waals surface area contributed by atoms with Crippen molar-refractivity contribution in [2.24, 2.45) is 0 Å². The van der Waals surface area contributed by atoms with Crippen LogP contribution in [0, 0.1) is 0 Å². The van der Waals surface area contributed by atoms with Crippen molar-refractivity contribution in [3.05, 3.63) is 60.2 Å². The zero-order chi connectivity index (χ0) is 17.1. The van der Waals surface area contributed by atoms with Gasteiger partial charge >= 0.3 is 0 Å². The van der Waals surface area contributed by atoms with E-state index in [1.165, 1.54) is 11.9 Å². The van der Waals surface area contributed by atoms with E-state index >= 15 is 0 Å². The zero-order valence-corrected chi connectivity index (χ0v) is 13.1. The number of hydrogen-bond acceptors (Lipinski definition) is 4. The van der Waals surface area contributed by atoms with Crippen molar-refractivity contribution < 1.29 is 19.1 Å². The van der Waals surface area contributed by atoms with Gasteiger partial charge in [0.05, 0.1) is 11.3 Å². The number of nitrogens with zero attached hydrogens (tertiary/aromatic N) is 2. The molecule has 2 aromatic rings. The number of ether oxygens (including phenoxy) is 1. The molecule has 0 bridgehead atoms. The summed E-state index contributed by atoms with van der Waals surface area (Å²) >= 11 is 0. The van der Waals surface area contributed by atoms with Crippen LogP contribution in [0.2, 0.25) is 0 Å². The molecule has 0 radical (unpaired) electrons. The Balaban J connectivity index is 1.88. The molecule has 0 unspecified atom stereocenters. The molecule has 0 aliphatic carbocycles. The first-order chi connectivity index (χ1) is 11.6. The standard InChI is InChI=1S/C18H16N2O4/c1-19-11-16(21)20(15-10-6-5-9-14(15)18(19)23)17(22)12-24-13-7-3-2-4-8-13/h2-10H,11-12H2,1H3. The van der Waals surface area contributed by atoms with Crippen molar-refractivity contribution in [3.63, 3.8) is 0 Å². The SMILES string of the molecule is CN1CC(=O)N(C(=O)COc2ccccc2)c2ccccc2C1=O. The van der Waals surface area contributed by atoms with E-state index in [9.17, 15) is 14.4 Å². The maximum atomic E-state index is 12.6. The first-order valence-corrected chi connectivity index (χ1v) is 7.46. The van der Waals surface area contributed by atoms with Crippen molar-refractivity contribution in [3.8, 4) is 5.75 Å². The number of imide groups is 1. The summed E-state index contributed by atoms with van der Waals surface area (Å²) in [4.78, 5) is 39.7. The van der Waals surface area contributed by atoms with Gasteiger partial charge in [0.15, 0.2) is 6.61 Å². The second-order valence-electron chi connectivity index (χ2n) is 5.40. The van der Waals surface area contributed by atoms with E-state index in [4.69, 9.17) is 4.74 Å². The van der Waals surface area contributed by atoms with Crippen molar-refractivity contribution in [2.45, 2.75) is 0 Å². The molecule has 1 heterocycles. The molecule has 3 rings (SSSR count). The highest BCUT2D eigenvalue weighted by Gasteiger charge is 2.33. The normalized spacial score (nSPS) is 14.2. The summed E-state index contributed by atoms with van der Waals surface area (Å²) in [6, 6.07) is 15.4. The molecule has 6 nitrogen and oxygen atoms in total. The molecular formula is C18H16N2O4. The second kappa shape index (κ2) is 6.54. The molecule has 0 fully saturated rings. The van der Waals surface area contributed by atoms with E-state index in [-0.39, 0.29) is 19.1 Å². The summed E-state index contributed by atoms with van der Waals surface area (Å²) in [5.74, 6) is -0.732. The van der Waals surface area contributed by atoms with Crippen LogP contribution in [0.5, 0.6) is 5.75 Å². The van der Waals surface area contributed by atoms with E-state index in [0.717, 1.165) is 4.90 Å². The molecule has 0 N–H and O–H groups in total. The Morgan fingerprint density at radius 2 is 1.71 bits per heavy atom. The van der Waals surface area contributed by atoms with Crippen LogP contribution in [0.4, 0.5) is 5.69 Å². The Hall–Kier alpha value is -3.15. The lowest BCUT2D eigenvalue weighted by atomic mass is 10.1. The third-order valence-corrected chi connectivity index (χ3v) is 3.70. The molecule has 6 heteroatoms. The Bertz CT molecular complexity index is 789. The van der Waals surface area contributed by atoms with Crippen LogP contribution in [0.3, 0.4) is 0 Å². The number of likely N-dealkylation sites (N-methyl/N-ethyl adjacent to an activating group) is 1. The molecule has 0 atom stereocenters. The van der Waals surface area contributed by atoms with E-state index < -0.39 is 11.8 Å². The highest BCUT2D eigenvalue weighted by Crippen LogP contribution is 2.25. The number of hydrogen-bond donors (Lipinski definition) is 0. The van der Waals surface area contributed by atoms with Crippen LogP contribution in [0.15, 0.2) is 54.6 Å². The van der Waals surface area contributed by atoms with Gasteiger partial charge in [0.1, 0.15) is 12.3 Å². The predicted octanol–water partition coefficient (Wildman–Crippen LogP) is 1.71. The van der Waals surface area contributed by atoms with Gasteiger partial charge in [-0.25, -0.2) is 4.90 Å². The van der Waals surface area contributed by atoms with Crippen molar-refractivity contribution >= 4 is 23.4 Å². The van der Waals surface area contributed by atoms with Crippen LogP contribution in [-0.2, 0) is 9.59 Å². The molecule has 0 saturated carbocycles. The van der Waals surface area contributed by atoms with Crippen LogP contribution in [-0.4, -0.2) is 42.8 Å². The molecule has 1 aliphatic rings. The maximum Gasteiger partial charge on any atom is 0.271 e. The summed E-state index contributed by atoms with van der Waals surface area (Å²) in [5, 5.41) is 0. The minimum atomic E-state index is -0.514. The molecular weight excluding hydrogens is 308 g/mol. The minimum Gasteiger partial charge on any atom is -0.484 e. The number of para-hydroxylation sites is 2. The summed E-state index contributed by atoms with van der Waals surface area (Å²) in [5.41, 5.74) is 0.609. The first kappa shape index (κ1) is 15.7. The van der Waals surface area contributed by atoms with Crippen molar-refractivity contribution in [1.82, 2.24) is 4.90 Å². The molecule has 122 valence electrons. The van der Waals surface area contributed by atoms with Gasteiger partial charge in [0.2, 0.25) is 0 Å². The number of fused-ring (bicyclic) bond motifs is 1. The smallest absolute Gasteiger partial charge is 0.271 e. The number of benzene rings is 2. The van der Waals surface area contributed by atoms with E-state index in [1.807, 2.05) is 6.07 Å². The van der Waals surface area contributed by atoms with Gasteiger partial charge in [-0.05, 0) is 24.3 Å². The summed E-state index contributed by atoms with van der Waals surface area (Å²) < 4.78 is 5.44. The fraction of sp³-hybridized carbons (Fsp3) is 0.167. The Morgan fingerprint density at radius 1 is 1.04 bits per heavy atom. The number of carbonyl (C=O) groups excluding carboxylic acids is 3. The van der Waals surface area contributed by atoms with Gasteiger partial charge in [0.25, 0.3) is 17.7 Å². The second-order valence-corrected chi connectivity index (χ2v) is 5.40. The largest absolute Gasteiger partial charge is 0.484 e. The van der Waals surface area contributed by atoms with E-state index in [0.29, 0.717) is 17.0 Å². The number of amides is 3. The average Bonchev–Trinajstić information content (AvgIpc) is 2.69. The lowest BCUT2D eigenvalue weighted by molar-refractivity contribution is -0.127. The zero-order valence-electron chi connectivity index (χ0n) is 13.1. The molecule has 1 aliphatic heterocycles. The summed E-state index contributed by atoms with van der Waals surface area (Å²) in [7, 11) is 1.53. The summed E-state index contributed by atoms with van der Waals surface area (Å²) in [6.45, 7) is -0.452. The van der Waals surface area contributed by atoms with Crippen molar-refractivity contribution in [2.75, 3.05) is 25.1 Å². The van der Waals surface area contributed by atoms with Gasteiger partial charge in [-0.2, -0.15) is 0 Å². The van der Waals surface area contributed by atoms with Crippen LogP contribution in [0.25, 0.3) is 0 Å². The molecule has 0 spiro atoms. The minimum absolute atomic E-state index is 0.162.